The zero-order chi connectivity index (χ0) is 14.5. The van der Waals surface area contributed by atoms with Crippen molar-refractivity contribution in [1.29, 1.82) is 0 Å². The number of ether oxygens (including phenoxy) is 1. The molecule has 1 aliphatic rings. The lowest BCUT2D eigenvalue weighted by Crippen LogP contribution is -2.29. The number of hydrogen-bond acceptors (Lipinski definition) is 5. The van der Waals surface area contributed by atoms with E-state index in [1.54, 1.807) is 19.2 Å². The summed E-state index contributed by atoms with van der Waals surface area (Å²) < 4.78 is 5.61. The van der Waals surface area contributed by atoms with E-state index in [4.69, 9.17) is 4.74 Å². The van der Waals surface area contributed by atoms with Gasteiger partial charge in [-0.15, -0.1) is 0 Å². The minimum absolute atomic E-state index is 0.129. The Balaban J connectivity index is 2.12. The van der Waals surface area contributed by atoms with Crippen molar-refractivity contribution in [1.82, 2.24) is 4.90 Å². The highest BCUT2D eigenvalue weighted by atomic mass is 16.6. The molecule has 2 rings (SSSR count). The monoisotopic (exact) mass is 279 g/mol. The second-order valence-corrected chi connectivity index (χ2v) is 5.13. The van der Waals surface area contributed by atoms with Crippen molar-refractivity contribution in [2.24, 2.45) is 0 Å². The summed E-state index contributed by atoms with van der Waals surface area (Å²) in [6, 6.07) is 5.36. The molecule has 1 atom stereocenters. The van der Waals surface area contributed by atoms with Gasteiger partial charge in [0, 0.05) is 39.4 Å². The largest absolute Gasteiger partial charge is 0.383 e. The molecule has 6 heteroatoms. The molecule has 110 valence electrons. The standard InChI is InChI=1S/C14H21N3O3/c1-11-9-16(6-3-7-20-11)10-12-4-5-13(15-2)14(8-12)17(18)19/h4-5,8,11,15H,3,6-7,9-10H2,1-2H3. The van der Waals surface area contributed by atoms with Gasteiger partial charge in [0.25, 0.3) is 5.69 Å². The van der Waals surface area contributed by atoms with Gasteiger partial charge in [-0.1, -0.05) is 6.07 Å². The Morgan fingerprint density at radius 1 is 1.55 bits per heavy atom. The van der Waals surface area contributed by atoms with Gasteiger partial charge in [0.05, 0.1) is 11.0 Å². The third-order valence-electron chi connectivity index (χ3n) is 3.47. The van der Waals surface area contributed by atoms with Gasteiger partial charge in [-0.05, 0) is 25.0 Å². The van der Waals surface area contributed by atoms with E-state index >= 15 is 0 Å². The van der Waals surface area contributed by atoms with Crippen LogP contribution in [-0.4, -0.2) is 42.7 Å². The summed E-state index contributed by atoms with van der Waals surface area (Å²) in [5, 5.41) is 13.9. The molecule has 1 aromatic rings. The van der Waals surface area contributed by atoms with E-state index < -0.39 is 0 Å². The Morgan fingerprint density at radius 3 is 3.05 bits per heavy atom. The first-order valence-electron chi connectivity index (χ1n) is 6.89. The maximum atomic E-state index is 11.1. The van der Waals surface area contributed by atoms with Gasteiger partial charge in [-0.25, -0.2) is 0 Å². The molecule has 1 saturated heterocycles. The van der Waals surface area contributed by atoms with E-state index in [2.05, 4.69) is 17.1 Å². The number of nitro groups is 1. The van der Waals surface area contributed by atoms with Gasteiger partial charge in [0.2, 0.25) is 0 Å². The Hall–Kier alpha value is -1.66. The third-order valence-corrected chi connectivity index (χ3v) is 3.47. The molecule has 1 aromatic carbocycles. The highest BCUT2D eigenvalue weighted by Crippen LogP contribution is 2.25. The van der Waals surface area contributed by atoms with E-state index in [1.165, 1.54) is 0 Å². The van der Waals surface area contributed by atoms with Crippen LogP contribution < -0.4 is 5.32 Å². The van der Waals surface area contributed by atoms with Crippen LogP contribution in [0.2, 0.25) is 0 Å². The van der Waals surface area contributed by atoms with Crippen LogP contribution in [0.1, 0.15) is 18.9 Å². The number of nitro benzene ring substituents is 1. The number of nitrogens with zero attached hydrogens (tertiary/aromatic N) is 2. The fraction of sp³-hybridized carbons (Fsp3) is 0.571. The van der Waals surface area contributed by atoms with Crippen LogP contribution in [0.15, 0.2) is 18.2 Å². The van der Waals surface area contributed by atoms with Crippen molar-refractivity contribution < 1.29 is 9.66 Å². The van der Waals surface area contributed by atoms with Crippen molar-refractivity contribution in [3.8, 4) is 0 Å². The molecule has 20 heavy (non-hydrogen) atoms. The summed E-state index contributed by atoms with van der Waals surface area (Å²) in [7, 11) is 1.69. The van der Waals surface area contributed by atoms with Gasteiger partial charge >= 0.3 is 0 Å². The molecule has 0 saturated carbocycles. The Kier molecular flexibility index (Phi) is 4.92. The van der Waals surface area contributed by atoms with Crippen LogP contribution in [0.4, 0.5) is 11.4 Å². The normalized spacial score (nSPS) is 20.4. The van der Waals surface area contributed by atoms with Crippen LogP contribution in [0.3, 0.4) is 0 Å². The second kappa shape index (κ2) is 6.67. The molecule has 1 aliphatic heterocycles. The van der Waals surface area contributed by atoms with E-state index in [0.29, 0.717) is 5.69 Å². The molecule has 0 radical (unpaired) electrons. The number of nitrogens with one attached hydrogen (secondary N) is 1. The van der Waals surface area contributed by atoms with Crippen molar-refractivity contribution >= 4 is 11.4 Å². The Labute approximate surface area is 118 Å². The van der Waals surface area contributed by atoms with Crippen LogP contribution >= 0.6 is 0 Å². The molecule has 1 fully saturated rings. The first-order valence-corrected chi connectivity index (χ1v) is 6.89. The second-order valence-electron chi connectivity index (χ2n) is 5.13. The van der Waals surface area contributed by atoms with E-state index in [1.807, 2.05) is 6.07 Å². The molecule has 0 spiro atoms. The molecule has 6 nitrogen and oxygen atoms in total. The number of hydrogen-bond donors (Lipinski definition) is 1. The van der Waals surface area contributed by atoms with E-state index in [-0.39, 0.29) is 16.7 Å². The van der Waals surface area contributed by atoms with Gasteiger partial charge in [0.15, 0.2) is 0 Å². The maximum Gasteiger partial charge on any atom is 0.292 e. The SMILES string of the molecule is CNc1ccc(CN2CCCOC(C)C2)cc1[N+](=O)[O-]. The summed E-state index contributed by atoms with van der Waals surface area (Å²) in [6.45, 7) is 5.40. The molecule has 1 heterocycles. The quantitative estimate of drug-likeness (QED) is 0.676. The average Bonchev–Trinajstić information content (AvgIpc) is 2.63. The summed E-state index contributed by atoms with van der Waals surface area (Å²) in [5.41, 5.74) is 1.64. The fourth-order valence-corrected chi connectivity index (χ4v) is 2.52. The van der Waals surface area contributed by atoms with Gasteiger partial charge in [-0.2, -0.15) is 0 Å². The van der Waals surface area contributed by atoms with Crippen molar-refractivity contribution in [2.45, 2.75) is 26.0 Å². The minimum atomic E-state index is -0.344. The molecule has 0 aromatic heterocycles. The zero-order valence-corrected chi connectivity index (χ0v) is 12.0. The highest BCUT2D eigenvalue weighted by Gasteiger charge is 2.18. The summed E-state index contributed by atoms with van der Waals surface area (Å²) in [6.07, 6.45) is 1.21. The lowest BCUT2D eigenvalue weighted by atomic mass is 10.1. The average molecular weight is 279 g/mol. The Morgan fingerprint density at radius 2 is 2.35 bits per heavy atom. The Bertz CT molecular complexity index is 479. The van der Waals surface area contributed by atoms with Crippen molar-refractivity contribution in [3.05, 3.63) is 33.9 Å². The van der Waals surface area contributed by atoms with E-state index in [0.717, 1.165) is 38.2 Å². The van der Waals surface area contributed by atoms with Crippen LogP contribution in [0, 0.1) is 10.1 Å². The molecule has 0 amide bonds. The lowest BCUT2D eigenvalue weighted by molar-refractivity contribution is -0.384. The number of benzene rings is 1. The topological polar surface area (TPSA) is 67.6 Å². The predicted octanol–water partition coefficient (Wildman–Crippen LogP) is 2.25. The van der Waals surface area contributed by atoms with Crippen LogP contribution in [0.25, 0.3) is 0 Å². The maximum absolute atomic E-state index is 11.1. The molecular weight excluding hydrogens is 258 g/mol. The third kappa shape index (κ3) is 3.68. The van der Waals surface area contributed by atoms with Gasteiger partial charge < -0.3 is 10.1 Å². The number of anilines is 1. The molecule has 1 unspecified atom stereocenters. The summed E-state index contributed by atoms with van der Waals surface area (Å²) in [5.74, 6) is 0. The van der Waals surface area contributed by atoms with Crippen molar-refractivity contribution in [3.63, 3.8) is 0 Å². The van der Waals surface area contributed by atoms with Crippen molar-refractivity contribution in [2.75, 3.05) is 32.1 Å². The van der Waals surface area contributed by atoms with Crippen LogP contribution in [-0.2, 0) is 11.3 Å². The minimum Gasteiger partial charge on any atom is -0.383 e. The zero-order valence-electron chi connectivity index (χ0n) is 12.0. The smallest absolute Gasteiger partial charge is 0.292 e. The first kappa shape index (κ1) is 14.7. The predicted molar refractivity (Wildman–Crippen MR) is 78.0 cm³/mol. The molecular formula is C14H21N3O3. The van der Waals surface area contributed by atoms with Crippen LogP contribution in [0.5, 0.6) is 0 Å². The first-order chi connectivity index (χ1) is 9.60. The number of rotatable bonds is 4. The lowest BCUT2D eigenvalue weighted by Gasteiger charge is -2.21. The molecule has 0 bridgehead atoms. The highest BCUT2D eigenvalue weighted by molar-refractivity contribution is 5.62. The summed E-state index contributed by atoms with van der Waals surface area (Å²) >= 11 is 0. The van der Waals surface area contributed by atoms with Gasteiger partial charge in [0.1, 0.15) is 5.69 Å². The van der Waals surface area contributed by atoms with Gasteiger partial charge in [-0.3, -0.25) is 15.0 Å². The fourth-order valence-electron chi connectivity index (χ4n) is 2.52. The summed E-state index contributed by atoms with van der Waals surface area (Å²) in [4.78, 5) is 13.0. The van der Waals surface area contributed by atoms with E-state index in [9.17, 15) is 10.1 Å². The molecule has 1 N–H and O–H groups in total. The molecule has 0 aliphatic carbocycles.